The molecule has 0 unspecified atom stereocenters. The van der Waals surface area contributed by atoms with Crippen LogP contribution in [0.4, 0.5) is 4.39 Å². The Morgan fingerprint density at radius 1 is 0.467 bits per heavy atom. The molecule has 3 heterocycles. The molecule has 8 aromatic rings. The number of nitrogens with two attached hydrogens (primary N) is 2. The lowest BCUT2D eigenvalue weighted by Gasteiger charge is -2.20. The molecule has 0 saturated carbocycles. The van der Waals surface area contributed by atoms with E-state index in [0.29, 0.717) is 12.1 Å². The smallest absolute Gasteiger partial charge is 0.251 e. The molecule has 3 aliphatic heterocycles. The standard InChI is InChI=1S/C16H15NO.C16H17N.C15H16FN.C10H12BrN.C9H12BrN/c1-11-9-13(12-5-3-2-4-6-12)10-15-14(11)7-8-17-16(15)18;1-12-9-14(13-5-3-2-4-6-13)10-15-11-17-8-7-16(12)15;1-11-10-13(7-6-12(11)8-9-17)14-4-2-3-5-15(14)16;1-7-4-8-2-3-12-6-9(8)5-10(7)11;1-7-6-8(4-5-11)2-3-9(7)10/h2-6,9-10H,7-8H2,1H3,(H,17,18);2-6,9-10,17H,7-8,11H2,1H3;2-7,10H,8-9,17H2,1H3;4-5,12H,2-3,6H2,1H3;2-3,6H,4-5,11H2,1H3. The molecule has 0 atom stereocenters. The highest BCUT2D eigenvalue weighted by atomic mass is 79.9. The number of fused-ring (bicyclic) bond motifs is 3. The summed E-state index contributed by atoms with van der Waals surface area (Å²) in [6, 6.07) is 53.3. The number of amides is 1. The number of nitrogens with one attached hydrogen (secondary N) is 3. The van der Waals surface area contributed by atoms with Crippen LogP contribution in [0.15, 0.2) is 167 Å². The number of aryl methyl sites for hydroxylation is 5. The fraction of sp³-hybridized carbons (Fsp3) is 0.258. The molecule has 0 spiro atoms. The van der Waals surface area contributed by atoms with Crippen molar-refractivity contribution in [2.75, 3.05) is 32.7 Å². The summed E-state index contributed by atoms with van der Waals surface area (Å²) in [5.41, 5.74) is 34.4. The lowest BCUT2D eigenvalue weighted by atomic mass is 9.91. The van der Waals surface area contributed by atoms with Crippen molar-refractivity contribution in [1.82, 2.24) is 16.0 Å². The van der Waals surface area contributed by atoms with Crippen LogP contribution in [0.25, 0.3) is 33.4 Å². The fourth-order valence-corrected chi connectivity index (χ4v) is 10.5. The van der Waals surface area contributed by atoms with Crippen LogP contribution in [0.3, 0.4) is 0 Å². The zero-order chi connectivity index (χ0) is 53.3. The second-order valence-corrected chi connectivity index (χ2v) is 21.2. The molecule has 6 nitrogen and oxygen atoms in total. The number of carbonyl (C=O) groups excluding carboxylic acids is 1. The highest BCUT2D eigenvalue weighted by Gasteiger charge is 2.20. The molecule has 0 aromatic heterocycles. The largest absolute Gasteiger partial charge is 0.352 e. The molecule has 9 heteroatoms. The second kappa shape index (κ2) is 28.2. The first kappa shape index (κ1) is 56.7. The third kappa shape index (κ3) is 15.8. The Labute approximate surface area is 462 Å². The Balaban J connectivity index is 0.000000138. The van der Waals surface area contributed by atoms with Crippen molar-refractivity contribution in [1.29, 1.82) is 0 Å². The highest BCUT2D eigenvalue weighted by molar-refractivity contribution is 9.10. The van der Waals surface area contributed by atoms with Crippen LogP contribution in [0, 0.1) is 40.4 Å². The van der Waals surface area contributed by atoms with E-state index in [4.69, 9.17) is 11.5 Å². The SMILES string of the molecule is Cc1cc(-c2ccccc2)cc2c1CCNC2.Cc1cc(-c2ccccc2)cc2c1CCNC2=O.Cc1cc(-c2ccccc2F)ccc1CCN.Cc1cc(CCN)ccc1Br.Cc1cc2c(cc1Br)CNCC2. The number of hydrogen-bond donors (Lipinski definition) is 5. The number of carbonyl (C=O) groups is 1. The molecule has 11 rings (SSSR count). The van der Waals surface area contributed by atoms with E-state index >= 15 is 0 Å². The Morgan fingerprint density at radius 3 is 1.71 bits per heavy atom. The Kier molecular flexibility index (Phi) is 21.3. The van der Waals surface area contributed by atoms with E-state index in [0.717, 1.165) is 92.8 Å². The summed E-state index contributed by atoms with van der Waals surface area (Å²) in [5, 5.41) is 9.72. The lowest BCUT2D eigenvalue weighted by molar-refractivity contribution is 0.0946. The number of benzene rings is 8. The molecule has 388 valence electrons. The van der Waals surface area contributed by atoms with Crippen molar-refractivity contribution >= 4 is 37.8 Å². The van der Waals surface area contributed by atoms with E-state index in [2.05, 4.69) is 167 Å². The zero-order valence-corrected chi connectivity index (χ0v) is 47.4. The Hall–Kier alpha value is -6.04. The van der Waals surface area contributed by atoms with Crippen molar-refractivity contribution in [3.63, 3.8) is 0 Å². The minimum atomic E-state index is -0.182. The number of hydrogen-bond acceptors (Lipinski definition) is 5. The molecular weight excluding hydrogens is 1060 g/mol. The molecule has 8 aromatic carbocycles. The fourth-order valence-electron chi connectivity index (χ4n) is 9.83. The summed E-state index contributed by atoms with van der Waals surface area (Å²) < 4.78 is 16.0. The quantitative estimate of drug-likeness (QED) is 0.109. The van der Waals surface area contributed by atoms with Crippen LogP contribution in [0.2, 0.25) is 0 Å². The molecule has 75 heavy (non-hydrogen) atoms. The van der Waals surface area contributed by atoms with E-state index < -0.39 is 0 Å². The van der Waals surface area contributed by atoms with Crippen molar-refractivity contribution in [3.05, 3.63) is 245 Å². The van der Waals surface area contributed by atoms with E-state index in [-0.39, 0.29) is 11.7 Å². The van der Waals surface area contributed by atoms with Gasteiger partial charge in [0.1, 0.15) is 5.82 Å². The van der Waals surface area contributed by atoms with Gasteiger partial charge >= 0.3 is 0 Å². The summed E-state index contributed by atoms with van der Waals surface area (Å²) in [4.78, 5) is 11.9. The van der Waals surface area contributed by atoms with Gasteiger partial charge in [-0.3, -0.25) is 4.79 Å². The van der Waals surface area contributed by atoms with Crippen molar-refractivity contribution in [2.45, 2.75) is 79.8 Å². The third-order valence-electron chi connectivity index (χ3n) is 14.0. The molecule has 7 N–H and O–H groups in total. The summed E-state index contributed by atoms with van der Waals surface area (Å²) in [6.07, 6.45) is 5.10. The molecule has 0 aliphatic carbocycles. The monoisotopic (exact) mass is 1130 g/mol. The molecule has 1 amide bonds. The van der Waals surface area contributed by atoms with Crippen LogP contribution in [0.1, 0.15) is 77.1 Å². The highest BCUT2D eigenvalue weighted by Crippen LogP contribution is 2.30. The second-order valence-electron chi connectivity index (χ2n) is 19.5. The first-order valence-corrected chi connectivity index (χ1v) is 27.8. The normalized spacial score (nSPS) is 13.0. The van der Waals surface area contributed by atoms with Crippen LogP contribution in [-0.4, -0.2) is 38.6 Å². The Bertz CT molecular complexity index is 3150. The molecule has 3 aliphatic rings. The lowest BCUT2D eigenvalue weighted by Crippen LogP contribution is -2.32. The van der Waals surface area contributed by atoms with E-state index in [1.54, 1.807) is 17.7 Å². The maximum Gasteiger partial charge on any atom is 0.251 e. The average molecular weight is 1130 g/mol. The van der Waals surface area contributed by atoms with E-state index in [9.17, 15) is 9.18 Å². The first-order chi connectivity index (χ1) is 36.3. The number of rotatable bonds is 7. The van der Waals surface area contributed by atoms with Gasteiger partial charge in [-0.15, -0.1) is 0 Å². The van der Waals surface area contributed by atoms with Gasteiger partial charge in [0.25, 0.3) is 5.91 Å². The van der Waals surface area contributed by atoms with Crippen molar-refractivity contribution in [3.8, 4) is 33.4 Å². The molecular formula is C66H72Br2FN5O. The first-order valence-electron chi connectivity index (χ1n) is 26.2. The third-order valence-corrected chi connectivity index (χ3v) is 15.7. The van der Waals surface area contributed by atoms with Gasteiger partial charge < -0.3 is 27.4 Å². The van der Waals surface area contributed by atoms with Gasteiger partial charge in [0.15, 0.2) is 0 Å². The molecule has 0 fully saturated rings. The minimum absolute atomic E-state index is 0.0529. The van der Waals surface area contributed by atoms with E-state index in [1.807, 2.05) is 55.5 Å². The van der Waals surface area contributed by atoms with Crippen LogP contribution < -0.4 is 27.4 Å². The minimum Gasteiger partial charge on any atom is -0.352 e. The number of halogens is 3. The van der Waals surface area contributed by atoms with Gasteiger partial charge in [-0.2, -0.15) is 0 Å². The van der Waals surface area contributed by atoms with Gasteiger partial charge in [-0.1, -0.05) is 159 Å². The summed E-state index contributed by atoms with van der Waals surface area (Å²) in [7, 11) is 0. The topological polar surface area (TPSA) is 105 Å². The Morgan fingerprint density at radius 2 is 1.05 bits per heavy atom. The van der Waals surface area contributed by atoms with E-state index in [1.165, 1.54) is 88.2 Å². The van der Waals surface area contributed by atoms with Crippen LogP contribution in [-0.2, 0) is 45.2 Å². The summed E-state index contributed by atoms with van der Waals surface area (Å²) >= 11 is 7.00. The molecule has 0 radical (unpaired) electrons. The van der Waals surface area contributed by atoms with Gasteiger partial charge in [-0.05, 0) is 218 Å². The average Bonchev–Trinajstić information content (AvgIpc) is 3.42. The van der Waals surface area contributed by atoms with Crippen molar-refractivity contribution in [2.24, 2.45) is 11.5 Å². The van der Waals surface area contributed by atoms with Gasteiger partial charge in [0.05, 0.1) is 0 Å². The predicted molar refractivity (Wildman–Crippen MR) is 320 cm³/mol. The maximum absolute atomic E-state index is 13.6. The summed E-state index contributed by atoms with van der Waals surface area (Å²) in [6.45, 7) is 17.0. The van der Waals surface area contributed by atoms with Crippen LogP contribution in [0.5, 0.6) is 0 Å². The van der Waals surface area contributed by atoms with Crippen LogP contribution >= 0.6 is 31.9 Å². The summed E-state index contributed by atoms with van der Waals surface area (Å²) in [5.74, 6) is -0.129. The van der Waals surface area contributed by atoms with Gasteiger partial charge in [0.2, 0.25) is 0 Å². The zero-order valence-electron chi connectivity index (χ0n) is 44.2. The predicted octanol–water partition coefficient (Wildman–Crippen LogP) is 14.2. The van der Waals surface area contributed by atoms with Gasteiger partial charge in [0, 0.05) is 39.7 Å². The molecule has 0 saturated heterocycles. The van der Waals surface area contributed by atoms with Gasteiger partial charge in [-0.25, -0.2) is 4.39 Å². The maximum atomic E-state index is 13.6. The van der Waals surface area contributed by atoms with Crippen molar-refractivity contribution < 1.29 is 9.18 Å². The molecule has 0 bridgehead atoms.